The van der Waals surface area contributed by atoms with Crippen LogP contribution in [0.15, 0.2) is 29.3 Å². The maximum Gasteiger partial charge on any atom is 0.283 e. The molecule has 4 heterocycles. The Morgan fingerprint density at radius 3 is 2.83 bits per heavy atom. The number of nitrogens with one attached hydrogen (secondary N) is 3. The minimum Gasteiger partial charge on any atom is -0.357 e. The van der Waals surface area contributed by atoms with Crippen molar-refractivity contribution < 1.29 is 18.0 Å². The summed E-state index contributed by atoms with van der Waals surface area (Å²) in [5, 5.41) is 6.93. The summed E-state index contributed by atoms with van der Waals surface area (Å²) in [5.74, 6) is 1.74. The molecule has 0 aliphatic carbocycles. The number of nitrogens with zero attached hydrogens (tertiary/aromatic N) is 3. The predicted molar refractivity (Wildman–Crippen MR) is 136 cm³/mol. The van der Waals surface area contributed by atoms with Crippen molar-refractivity contribution in [3.8, 4) is 12.3 Å². The van der Waals surface area contributed by atoms with E-state index in [0.29, 0.717) is 28.0 Å². The van der Waals surface area contributed by atoms with Gasteiger partial charge in [0.05, 0.1) is 5.69 Å². The van der Waals surface area contributed by atoms with E-state index in [0.717, 1.165) is 17.0 Å². The monoisotopic (exact) mass is 526 g/mol. The van der Waals surface area contributed by atoms with Crippen LogP contribution >= 0.6 is 11.3 Å². The highest BCUT2D eigenvalue weighted by molar-refractivity contribution is 7.89. The smallest absolute Gasteiger partial charge is 0.283 e. The molecule has 0 radical (unpaired) electrons. The highest BCUT2D eigenvalue weighted by Gasteiger charge is 2.41. The van der Waals surface area contributed by atoms with Gasteiger partial charge in [-0.05, 0) is 31.2 Å². The molecule has 12 heteroatoms. The van der Waals surface area contributed by atoms with Crippen LogP contribution in [0.25, 0.3) is 10.9 Å². The lowest BCUT2D eigenvalue weighted by atomic mass is 10.1. The van der Waals surface area contributed by atoms with Gasteiger partial charge >= 0.3 is 0 Å². The summed E-state index contributed by atoms with van der Waals surface area (Å²) in [6.45, 7) is 2.67. The Morgan fingerprint density at radius 1 is 1.28 bits per heavy atom. The first-order chi connectivity index (χ1) is 17.2. The highest BCUT2D eigenvalue weighted by Crippen LogP contribution is 2.28. The summed E-state index contributed by atoms with van der Waals surface area (Å²) in [5.41, 5.74) is 2.19. The maximum absolute atomic E-state index is 13.5. The Labute approximate surface area is 213 Å². The maximum atomic E-state index is 13.5. The number of sulfonamides is 1. The van der Waals surface area contributed by atoms with Gasteiger partial charge in [0, 0.05) is 67.0 Å². The van der Waals surface area contributed by atoms with Crippen molar-refractivity contribution in [2.45, 2.75) is 37.0 Å². The largest absolute Gasteiger partial charge is 0.357 e. The van der Waals surface area contributed by atoms with Gasteiger partial charge in [0.15, 0.2) is 5.01 Å². The minimum absolute atomic E-state index is 0.0105. The van der Waals surface area contributed by atoms with E-state index < -0.39 is 22.0 Å². The first kappa shape index (κ1) is 24.5. The van der Waals surface area contributed by atoms with E-state index in [9.17, 15) is 18.0 Å². The van der Waals surface area contributed by atoms with Crippen molar-refractivity contribution in [2.24, 2.45) is 0 Å². The summed E-state index contributed by atoms with van der Waals surface area (Å²) in [7, 11) is -2.49. The number of hydrogen-bond acceptors (Lipinski definition) is 7. The van der Waals surface area contributed by atoms with E-state index in [-0.39, 0.29) is 36.6 Å². The molecule has 188 valence electrons. The van der Waals surface area contributed by atoms with Crippen LogP contribution in [-0.2, 0) is 27.8 Å². The van der Waals surface area contributed by atoms with Gasteiger partial charge in [-0.15, -0.1) is 17.8 Å². The average Bonchev–Trinajstić information content (AvgIpc) is 3.51. The fourth-order valence-corrected chi connectivity index (χ4v) is 7.06. The van der Waals surface area contributed by atoms with Gasteiger partial charge in [0.2, 0.25) is 5.91 Å². The highest BCUT2D eigenvalue weighted by atomic mass is 32.2. The standard InChI is InChI=1S/C24H26N6O4S2/c1-4-15-5-6-17-16(10-15)11-21(27-17)36(33,34)29-7-8-30(19(13-29)22(31)25-3)24(32)23-28-18-9-14(2)26-12-20(18)35-23/h1,5-6,10-11,14,19,26-27H,7-9,12-13H2,2-3H3,(H,25,31). The number of hydrogen-bond donors (Lipinski definition) is 3. The molecule has 2 unspecified atom stereocenters. The zero-order chi connectivity index (χ0) is 25.6. The van der Waals surface area contributed by atoms with E-state index in [2.05, 4.69) is 33.4 Å². The Hall–Kier alpha value is -3.24. The molecule has 1 aromatic carbocycles. The van der Waals surface area contributed by atoms with Gasteiger partial charge in [-0.3, -0.25) is 9.59 Å². The van der Waals surface area contributed by atoms with E-state index in [1.165, 1.54) is 33.7 Å². The third-order valence-corrected chi connectivity index (χ3v) is 9.48. The normalized spacial score (nSPS) is 20.6. The number of carbonyl (C=O) groups excluding carboxylic acids is 2. The lowest BCUT2D eigenvalue weighted by Gasteiger charge is -2.39. The molecule has 5 rings (SSSR count). The topological polar surface area (TPSA) is 128 Å². The number of H-pyrrole nitrogens is 1. The molecule has 2 aliphatic rings. The molecule has 0 saturated carbocycles. The fraction of sp³-hybridized carbons (Fsp3) is 0.375. The lowest BCUT2D eigenvalue weighted by Crippen LogP contribution is -2.61. The average molecular weight is 527 g/mol. The number of piperazine rings is 1. The van der Waals surface area contributed by atoms with Gasteiger partial charge in [-0.1, -0.05) is 5.92 Å². The van der Waals surface area contributed by atoms with Gasteiger partial charge < -0.3 is 20.5 Å². The number of aromatic amines is 1. The van der Waals surface area contributed by atoms with E-state index in [1.54, 1.807) is 18.2 Å². The number of likely N-dealkylation sites (N-methyl/N-ethyl adjacent to an activating group) is 1. The van der Waals surface area contributed by atoms with Crippen LogP contribution < -0.4 is 10.6 Å². The third-order valence-electron chi connectivity index (χ3n) is 6.61. The van der Waals surface area contributed by atoms with Crippen molar-refractivity contribution in [3.05, 3.63) is 45.4 Å². The molecule has 2 amide bonds. The van der Waals surface area contributed by atoms with Crippen LogP contribution in [0.2, 0.25) is 0 Å². The summed E-state index contributed by atoms with van der Waals surface area (Å²) in [6, 6.07) is 6.02. The van der Waals surface area contributed by atoms with Crippen LogP contribution in [-0.4, -0.2) is 78.2 Å². The quantitative estimate of drug-likeness (QED) is 0.434. The molecule has 0 bridgehead atoms. The molecule has 2 aliphatic heterocycles. The summed E-state index contributed by atoms with van der Waals surface area (Å²) >= 11 is 1.32. The number of benzene rings is 1. The Kier molecular flexibility index (Phi) is 6.34. The van der Waals surface area contributed by atoms with Crippen LogP contribution in [0.4, 0.5) is 0 Å². The van der Waals surface area contributed by atoms with E-state index in [4.69, 9.17) is 6.42 Å². The zero-order valence-electron chi connectivity index (χ0n) is 19.9. The van der Waals surface area contributed by atoms with Gasteiger partial charge in [-0.25, -0.2) is 13.4 Å². The van der Waals surface area contributed by atoms with Gasteiger partial charge in [0.25, 0.3) is 15.9 Å². The molecule has 1 saturated heterocycles. The predicted octanol–water partition coefficient (Wildman–Crippen LogP) is 0.901. The zero-order valence-corrected chi connectivity index (χ0v) is 21.5. The van der Waals surface area contributed by atoms with Crippen molar-refractivity contribution in [3.63, 3.8) is 0 Å². The van der Waals surface area contributed by atoms with Gasteiger partial charge in [-0.2, -0.15) is 4.31 Å². The van der Waals surface area contributed by atoms with Crippen LogP contribution in [0, 0.1) is 12.3 Å². The SMILES string of the molecule is C#Cc1ccc2[nH]c(S(=O)(=O)N3CCN(C(=O)c4nc5c(s4)CNC(C)C5)C(C(=O)NC)C3)cc2c1. The molecule has 1 fully saturated rings. The molecule has 2 aromatic heterocycles. The Bertz CT molecular complexity index is 1500. The molecule has 2 atom stereocenters. The van der Waals surface area contributed by atoms with E-state index in [1.807, 2.05) is 0 Å². The number of rotatable bonds is 4. The van der Waals surface area contributed by atoms with Crippen molar-refractivity contribution in [1.29, 1.82) is 0 Å². The number of amides is 2. The summed E-state index contributed by atoms with van der Waals surface area (Å²) in [4.78, 5) is 36.1. The van der Waals surface area contributed by atoms with Crippen LogP contribution in [0.1, 0.15) is 32.9 Å². The number of aromatic nitrogens is 2. The molecular formula is C24H26N6O4S2. The molecule has 0 spiro atoms. The second-order valence-corrected chi connectivity index (χ2v) is 11.9. The fourth-order valence-electron chi connectivity index (χ4n) is 4.61. The van der Waals surface area contributed by atoms with Crippen LogP contribution in [0.5, 0.6) is 0 Å². The van der Waals surface area contributed by atoms with Crippen LogP contribution in [0.3, 0.4) is 0 Å². The summed E-state index contributed by atoms with van der Waals surface area (Å²) < 4.78 is 28.2. The summed E-state index contributed by atoms with van der Waals surface area (Å²) in [6.07, 6.45) is 6.19. The van der Waals surface area contributed by atoms with Crippen molar-refractivity contribution >= 4 is 44.1 Å². The first-order valence-electron chi connectivity index (χ1n) is 11.6. The molecular weight excluding hydrogens is 500 g/mol. The molecule has 3 aromatic rings. The lowest BCUT2D eigenvalue weighted by molar-refractivity contribution is -0.126. The van der Waals surface area contributed by atoms with E-state index >= 15 is 0 Å². The second-order valence-electron chi connectivity index (χ2n) is 8.95. The molecule has 36 heavy (non-hydrogen) atoms. The number of carbonyl (C=O) groups is 2. The molecule has 3 N–H and O–H groups in total. The first-order valence-corrected chi connectivity index (χ1v) is 13.8. The number of fused-ring (bicyclic) bond motifs is 2. The number of terminal acetylenes is 1. The second kappa shape index (κ2) is 9.33. The van der Waals surface area contributed by atoms with Gasteiger partial charge in [0.1, 0.15) is 11.1 Å². The Morgan fingerprint density at radius 2 is 2.08 bits per heavy atom. The third kappa shape index (κ3) is 4.28. The molecule has 10 nitrogen and oxygen atoms in total. The van der Waals surface area contributed by atoms with Crippen molar-refractivity contribution in [2.75, 3.05) is 26.7 Å². The minimum atomic E-state index is -3.95. The number of thiazole rings is 1. The Balaban J connectivity index is 1.40. The van der Waals surface area contributed by atoms with Crippen molar-refractivity contribution in [1.82, 2.24) is 29.8 Å².